The highest BCUT2D eigenvalue weighted by Gasteiger charge is 2.27. The molecule has 28 heavy (non-hydrogen) atoms. The Morgan fingerprint density at radius 2 is 1.79 bits per heavy atom. The third-order valence-electron chi connectivity index (χ3n) is 5.12. The van der Waals surface area contributed by atoms with Crippen molar-refractivity contribution in [1.82, 2.24) is 10.3 Å². The number of aromatic nitrogens is 1. The van der Waals surface area contributed by atoms with Gasteiger partial charge in [0.2, 0.25) is 0 Å². The van der Waals surface area contributed by atoms with Crippen molar-refractivity contribution < 1.29 is 14.3 Å². The fourth-order valence-corrected chi connectivity index (χ4v) is 3.83. The van der Waals surface area contributed by atoms with Crippen molar-refractivity contribution in [2.45, 2.75) is 32.9 Å². The molecule has 1 aliphatic rings. The van der Waals surface area contributed by atoms with Crippen LogP contribution in [0.1, 0.15) is 46.9 Å². The summed E-state index contributed by atoms with van der Waals surface area (Å²) < 4.78 is 13.5. The minimum absolute atomic E-state index is 0.0747. The lowest BCUT2D eigenvalue weighted by Gasteiger charge is -2.22. The Bertz CT molecular complexity index is 1060. The Hall–Kier alpha value is -3.05. The molecule has 2 N–H and O–H groups in total. The number of pyridine rings is 1. The number of fused-ring (bicyclic) bond motifs is 3. The summed E-state index contributed by atoms with van der Waals surface area (Å²) in [5, 5.41) is 13.1. The van der Waals surface area contributed by atoms with Crippen LogP contribution in [-0.2, 0) is 13.2 Å². The van der Waals surface area contributed by atoms with E-state index in [1.807, 2.05) is 32.0 Å². The number of carbonyl (C=O) groups excluding carboxylic acids is 1. The minimum atomic E-state index is -0.322. The molecule has 0 unspecified atom stereocenters. The molecule has 0 aliphatic carbocycles. The molecule has 0 saturated carbocycles. The van der Waals surface area contributed by atoms with Gasteiger partial charge in [0.05, 0.1) is 12.3 Å². The van der Waals surface area contributed by atoms with E-state index in [1.165, 1.54) is 12.1 Å². The zero-order valence-electron chi connectivity index (χ0n) is 15.8. The molecule has 1 amide bonds. The number of aliphatic hydroxyl groups excluding tert-OH is 1. The Morgan fingerprint density at radius 3 is 2.43 bits per heavy atom. The van der Waals surface area contributed by atoms with E-state index in [9.17, 15) is 14.3 Å². The number of amides is 1. The summed E-state index contributed by atoms with van der Waals surface area (Å²) in [6, 6.07) is 13.6. The van der Waals surface area contributed by atoms with Gasteiger partial charge in [0, 0.05) is 34.5 Å². The first-order valence-electron chi connectivity index (χ1n) is 9.31. The van der Waals surface area contributed by atoms with Gasteiger partial charge in [-0.05, 0) is 35.2 Å². The summed E-state index contributed by atoms with van der Waals surface area (Å²) in [7, 11) is 0. The van der Waals surface area contributed by atoms with Gasteiger partial charge in [-0.2, -0.15) is 0 Å². The molecule has 0 fully saturated rings. The second kappa shape index (κ2) is 7.17. The van der Waals surface area contributed by atoms with Crippen LogP contribution in [0.5, 0.6) is 0 Å². The number of hydrogen-bond donors (Lipinski definition) is 2. The largest absolute Gasteiger partial charge is 0.392 e. The van der Waals surface area contributed by atoms with E-state index in [-0.39, 0.29) is 30.8 Å². The van der Waals surface area contributed by atoms with Crippen LogP contribution in [0.2, 0.25) is 0 Å². The van der Waals surface area contributed by atoms with Crippen LogP contribution in [-0.4, -0.2) is 16.0 Å². The van der Waals surface area contributed by atoms with Crippen molar-refractivity contribution in [3.8, 4) is 22.4 Å². The standard InChI is InChI=1S/C23H21FN2O2/c1-13(2)21-19(12-27)20(14-7-9-15(24)10-8-14)18-11-25-23(28)17-6-4-3-5-16(17)22(18)26-21/h3-10,13,27H,11-12H2,1-2H3,(H,25,28). The number of nitrogens with one attached hydrogen (secondary N) is 1. The van der Waals surface area contributed by atoms with Crippen LogP contribution in [0.15, 0.2) is 48.5 Å². The van der Waals surface area contributed by atoms with Gasteiger partial charge in [0.1, 0.15) is 5.82 Å². The van der Waals surface area contributed by atoms with Gasteiger partial charge >= 0.3 is 0 Å². The molecular weight excluding hydrogens is 355 g/mol. The van der Waals surface area contributed by atoms with Crippen molar-refractivity contribution in [3.63, 3.8) is 0 Å². The first kappa shape index (κ1) is 18.3. The van der Waals surface area contributed by atoms with Gasteiger partial charge in [-0.1, -0.05) is 44.2 Å². The van der Waals surface area contributed by atoms with Crippen LogP contribution >= 0.6 is 0 Å². The highest BCUT2D eigenvalue weighted by molar-refractivity contribution is 6.02. The Morgan fingerprint density at radius 1 is 1.11 bits per heavy atom. The molecule has 2 aromatic carbocycles. The molecule has 0 spiro atoms. The van der Waals surface area contributed by atoms with Crippen molar-refractivity contribution in [3.05, 3.63) is 76.7 Å². The molecule has 1 aromatic heterocycles. The smallest absolute Gasteiger partial charge is 0.252 e. The highest BCUT2D eigenvalue weighted by Crippen LogP contribution is 2.39. The normalized spacial score (nSPS) is 13.0. The van der Waals surface area contributed by atoms with Crippen molar-refractivity contribution >= 4 is 5.91 Å². The third kappa shape index (κ3) is 2.98. The van der Waals surface area contributed by atoms with E-state index in [1.54, 1.807) is 18.2 Å². The predicted molar refractivity (Wildman–Crippen MR) is 106 cm³/mol. The predicted octanol–water partition coefficient (Wildman–Crippen LogP) is 4.41. The lowest BCUT2D eigenvalue weighted by molar-refractivity contribution is 0.0953. The molecule has 0 bridgehead atoms. The zero-order chi connectivity index (χ0) is 19.8. The van der Waals surface area contributed by atoms with Crippen LogP contribution in [0.25, 0.3) is 22.4 Å². The number of aliphatic hydroxyl groups is 1. The Balaban J connectivity index is 2.11. The second-order valence-corrected chi connectivity index (χ2v) is 7.23. The molecule has 142 valence electrons. The van der Waals surface area contributed by atoms with Crippen LogP contribution in [0.4, 0.5) is 4.39 Å². The number of benzene rings is 2. The van der Waals surface area contributed by atoms with Gasteiger partial charge in [-0.15, -0.1) is 0 Å². The first-order chi connectivity index (χ1) is 13.5. The first-order valence-corrected chi connectivity index (χ1v) is 9.31. The van der Waals surface area contributed by atoms with Crippen LogP contribution in [0.3, 0.4) is 0 Å². The van der Waals surface area contributed by atoms with E-state index in [4.69, 9.17) is 4.98 Å². The zero-order valence-corrected chi connectivity index (χ0v) is 15.8. The maximum absolute atomic E-state index is 13.5. The molecule has 1 aliphatic heterocycles. The van der Waals surface area contributed by atoms with Crippen LogP contribution in [0, 0.1) is 5.82 Å². The average molecular weight is 376 g/mol. The van der Waals surface area contributed by atoms with E-state index in [0.717, 1.165) is 33.6 Å². The summed E-state index contributed by atoms with van der Waals surface area (Å²) in [5.41, 5.74) is 6.01. The van der Waals surface area contributed by atoms with Crippen molar-refractivity contribution in [1.29, 1.82) is 0 Å². The van der Waals surface area contributed by atoms with E-state index in [2.05, 4.69) is 5.32 Å². The summed E-state index contributed by atoms with van der Waals surface area (Å²) in [4.78, 5) is 17.5. The lowest BCUT2D eigenvalue weighted by Crippen LogP contribution is -2.21. The van der Waals surface area contributed by atoms with E-state index in [0.29, 0.717) is 11.1 Å². The number of halogens is 1. The Kier molecular flexibility index (Phi) is 4.69. The van der Waals surface area contributed by atoms with Gasteiger partial charge in [-0.25, -0.2) is 4.39 Å². The van der Waals surface area contributed by atoms with Gasteiger partial charge in [-0.3, -0.25) is 9.78 Å². The van der Waals surface area contributed by atoms with Gasteiger partial charge < -0.3 is 10.4 Å². The molecule has 0 radical (unpaired) electrons. The second-order valence-electron chi connectivity index (χ2n) is 7.23. The van der Waals surface area contributed by atoms with E-state index < -0.39 is 0 Å². The van der Waals surface area contributed by atoms with Crippen molar-refractivity contribution in [2.24, 2.45) is 0 Å². The molecular formula is C23H21FN2O2. The highest BCUT2D eigenvalue weighted by atomic mass is 19.1. The number of carbonyl (C=O) groups is 1. The molecule has 0 atom stereocenters. The molecule has 4 nitrogen and oxygen atoms in total. The van der Waals surface area contributed by atoms with E-state index >= 15 is 0 Å². The summed E-state index contributed by atoms with van der Waals surface area (Å²) in [6.07, 6.45) is 0. The quantitative estimate of drug-likeness (QED) is 0.712. The fourth-order valence-electron chi connectivity index (χ4n) is 3.83. The molecule has 5 heteroatoms. The van der Waals surface area contributed by atoms with Gasteiger partial charge in [0.25, 0.3) is 5.91 Å². The summed E-state index contributed by atoms with van der Waals surface area (Å²) in [6.45, 7) is 4.15. The summed E-state index contributed by atoms with van der Waals surface area (Å²) >= 11 is 0. The SMILES string of the molecule is CC(C)c1nc2c(c(-c3ccc(F)cc3)c1CO)CNC(=O)c1ccccc1-2. The maximum atomic E-state index is 13.5. The molecule has 4 rings (SSSR count). The number of rotatable bonds is 3. The summed E-state index contributed by atoms with van der Waals surface area (Å²) in [5.74, 6) is -0.404. The number of hydrogen-bond acceptors (Lipinski definition) is 3. The molecule has 0 saturated heterocycles. The monoisotopic (exact) mass is 376 g/mol. The van der Waals surface area contributed by atoms with Crippen molar-refractivity contribution in [2.75, 3.05) is 0 Å². The minimum Gasteiger partial charge on any atom is -0.392 e. The van der Waals surface area contributed by atoms with Crippen LogP contribution < -0.4 is 5.32 Å². The number of nitrogens with zero attached hydrogens (tertiary/aromatic N) is 1. The fraction of sp³-hybridized carbons (Fsp3) is 0.217. The topological polar surface area (TPSA) is 62.2 Å². The average Bonchev–Trinajstić information content (AvgIpc) is 2.84. The van der Waals surface area contributed by atoms with Gasteiger partial charge in [0.15, 0.2) is 0 Å². The Labute approximate surface area is 163 Å². The maximum Gasteiger partial charge on any atom is 0.252 e. The molecule has 3 aromatic rings. The molecule has 2 heterocycles. The lowest BCUT2D eigenvalue weighted by atomic mass is 9.88. The third-order valence-corrected chi connectivity index (χ3v) is 5.12.